The molecule has 1 aliphatic heterocycles. The maximum atomic E-state index is 13.6. The van der Waals surface area contributed by atoms with E-state index in [2.05, 4.69) is 5.32 Å². The molecule has 0 radical (unpaired) electrons. The van der Waals surface area contributed by atoms with Gasteiger partial charge < -0.3 is 15.0 Å². The monoisotopic (exact) mass is 437 g/mol. The molecule has 31 heavy (non-hydrogen) atoms. The van der Waals surface area contributed by atoms with E-state index in [1.807, 2.05) is 68.1 Å². The van der Waals surface area contributed by atoms with E-state index in [0.29, 0.717) is 34.9 Å². The molecule has 0 spiro atoms. The molecule has 1 N–H and O–H groups in total. The number of anilines is 1. The van der Waals surface area contributed by atoms with Crippen LogP contribution in [0.2, 0.25) is 0 Å². The molecule has 0 saturated heterocycles. The van der Waals surface area contributed by atoms with E-state index < -0.39 is 12.0 Å². The number of likely N-dealkylation sites (N-methyl/N-ethyl adjacent to an activating group) is 1. The third-order valence-corrected chi connectivity index (χ3v) is 5.76. The zero-order chi connectivity index (χ0) is 22.5. The molecule has 1 unspecified atom stereocenters. The van der Waals surface area contributed by atoms with Crippen LogP contribution in [0.25, 0.3) is 0 Å². The predicted octanol–water partition coefficient (Wildman–Crippen LogP) is 4.05. The molecule has 7 heteroatoms. The summed E-state index contributed by atoms with van der Waals surface area (Å²) in [5.74, 6) is -0.552. The standard InChI is InChI=1S/C24H27N3O3S/c1-5-26(6-2)22(28)20-16(3)27(17-12-8-7-9-13-17)24(31)25-21(20)18-14-10-11-15-19(18)23(29)30-4/h7-15,21H,5-6H2,1-4H3,(H,25,31). The van der Waals surface area contributed by atoms with Crippen LogP contribution in [0.1, 0.15) is 42.7 Å². The lowest BCUT2D eigenvalue weighted by Gasteiger charge is -2.39. The Morgan fingerprint density at radius 3 is 2.29 bits per heavy atom. The minimum atomic E-state index is -0.573. The van der Waals surface area contributed by atoms with Gasteiger partial charge in [-0.05, 0) is 56.8 Å². The molecule has 2 aromatic rings. The fourth-order valence-electron chi connectivity index (χ4n) is 3.87. The highest BCUT2D eigenvalue weighted by molar-refractivity contribution is 7.80. The molecule has 3 rings (SSSR count). The summed E-state index contributed by atoms with van der Waals surface area (Å²) in [6, 6.07) is 16.2. The van der Waals surface area contributed by atoms with Crippen LogP contribution in [0.4, 0.5) is 5.69 Å². The SMILES string of the molecule is CCN(CC)C(=O)C1=C(C)N(c2ccccc2)C(=S)NC1c1ccccc1C(=O)OC. The minimum absolute atomic E-state index is 0.0944. The lowest BCUT2D eigenvalue weighted by molar-refractivity contribution is -0.127. The van der Waals surface area contributed by atoms with Crippen molar-refractivity contribution in [3.8, 4) is 0 Å². The number of esters is 1. The van der Waals surface area contributed by atoms with Gasteiger partial charge in [0.05, 0.1) is 24.3 Å². The van der Waals surface area contributed by atoms with Gasteiger partial charge in [0.1, 0.15) is 0 Å². The molecule has 1 heterocycles. The Bertz CT molecular complexity index is 1020. The average Bonchev–Trinajstić information content (AvgIpc) is 2.79. The first-order valence-electron chi connectivity index (χ1n) is 10.3. The third-order valence-electron chi connectivity index (χ3n) is 5.46. The second-order valence-corrected chi connectivity index (χ2v) is 7.50. The quantitative estimate of drug-likeness (QED) is 0.543. The number of hydrogen-bond acceptors (Lipinski definition) is 4. The van der Waals surface area contributed by atoms with Gasteiger partial charge in [-0.25, -0.2) is 4.79 Å². The van der Waals surface area contributed by atoms with Crippen molar-refractivity contribution < 1.29 is 14.3 Å². The fraction of sp³-hybridized carbons (Fsp3) is 0.292. The smallest absolute Gasteiger partial charge is 0.338 e. The van der Waals surface area contributed by atoms with Crippen LogP contribution >= 0.6 is 12.2 Å². The molecule has 1 atom stereocenters. The first-order valence-corrected chi connectivity index (χ1v) is 10.7. The van der Waals surface area contributed by atoms with Crippen LogP contribution in [-0.2, 0) is 9.53 Å². The normalized spacial score (nSPS) is 16.1. The number of rotatable bonds is 6. The van der Waals surface area contributed by atoms with E-state index >= 15 is 0 Å². The maximum absolute atomic E-state index is 13.6. The summed E-state index contributed by atoms with van der Waals surface area (Å²) in [6.07, 6.45) is 0. The van der Waals surface area contributed by atoms with Crippen molar-refractivity contribution in [1.82, 2.24) is 10.2 Å². The molecular weight excluding hydrogens is 410 g/mol. The Morgan fingerprint density at radius 1 is 1.06 bits per heavy atom. The number of hydrogen-bond donors (Lipinski definition) is 1. The summed E-state index contributed by atoms with van der Waals surface area (Å²) >= 11 is 5.70. The molecular formula is C24H27N3O3S. The molecule has 0 fully saturated rings. The van der Waals surface area contributed by atoms with Gasteiger partial charge in [0.25, 0.3) is 5.91 Å². The summed E-state index contributed by atoms with van der Waals surface area (Å²) in [7, 11) is 1.35. The predicted molar refractivity (Wildman–Crippen MR) is 126 cm³/mol. The molecule has 0 aliphatic carbocycles. The second kappa shape index (κ2) is 9.75. The van der Waals surface area contributed by atoms with Crippen molar-refractivity contribution in [3.05, 3.63) is 77.0 Å². The zero-order valence-corrected chi connectivity index (χ0v) is 19.0. The summed E-state index contributed by atoms with van der Waals surface area (Å²) < 4.78 is 4.98. The van der Waals surface area contributed by atoms with Gasteiger partial charge in [0, 0.05) is 24.5 Å². The molecule has 2 aromatic carbocycles. The van der Waals surface area contributed by atoms with Crippen molar-refractivity contribution in [2.75, 3.05) is 25.1 Å². The summed E-state index contributed by atoms with van der Waals surface area (Å²) in [4.78, 5) is 29.7. The van der Waals surface area contributed by atoms with Gasteiger partial charge in [0.2, 0.25) is 0 Å². The first kappa shape index (κ1) is 22.5. The summed E-state index contributed by atoms with van der Waals surface area (Å²) in [5.41, 5.74) is 3.20. The molecule has 0 saturated carbocycles. The van der Waals surface area contributed by atoms with E-state index in [9.17, 15) is 9.59 Å². The number of carbonyl (C=O) groups is 2. The largest absolute Gasteiger partial charge is 0.465 e. The van der Waals surface area contributed by atoms with Crippen molar-refractivity contribution in [2.24, 2.45) is 0 Å². The summed E-state index contributed by atoms with van der Waals surface area (Å²) in [5, 5.41) is 3.77. The van der Waals surface area contributed by atoms with Crippen molar-refractivity contribution in [3.63, 3.8) is 0 Å². The van der Waals surface area contributed by atoms with Gasteiger partial charge in [-0.2, -0.15) is 0 Å². The van der Waals surface area contributed by atoms with Crippen molar-refractivity contribution in [2.45, 2.75) is 26.8 Å². The molecule has 1 aliphatic rings. The Kier molecular flexibility index (Phi) is 7.07. The number of thiocarbonyl (C=S) groups is 1. The molecule has 6 nitrogen and oxygen atoms in total. The van der Waals surface area contributed by atoms with E-state index in [1.165, 1.54) is 7.11 Å². The number of methoxy groups -OCH3 is 1. The van der Waals surface area contributed by atoms with Crippen LogP contribution < -0.4 is 10.2 Å². The Balaban J connectivity index is 2.22. The topological polar surface area (TPSA) is 61.9 Å². The number of ether oxygens (including phenoxy) is 1. The number of allylic oxidation sites excluding steroid dienone is 1. The van der Waals surface area contributed by atoms with Crippen LogP contribution in [-0.4, -0.2) is 42.1 Å². The first-order chi connectivity index (χ1) is 14.9. The number of nitrogens with one attached hydrogen (secondary N) is 1. The Morgan fingerprint density at radius 2 is 1.68 bits per heavy atom. The molecule has 162 valence electrons. The van der Waals surface area contributed by atoms with Crippen molar-refractivity contribution >= 4 is 34.9 Å². The molecule has 1 amide bonds. The third kappa shape index (κ3) is 4.32. The van der Waals surface area contributed by atoms with E-state index in [0.717, 1.165) is 11.4 Å². The van der Waals surface area contributed by atoms with Gasteiger partial charge >= 0.3 is 5.97 Å². The number of amides is 1. The highest BCUT2D eigenvalue weighted by Crippen LogP contribution is 2.36. The Labute approximate surface area is 188 Å². The number of carbonyl (C=O) groups excluding carboxylic acids is 2. The maximum Gasteiger partial charge on any atom is 0.338 e. The highest BCUT2D eigenvalue weighted by atomic mass is 32.1. The fourth-order valence-corrected chi connectivity index (χ4v) is 4.23. The number of benzene rings is 2. The van der Waals surface area contributed by atoms with Gasteiger partial charge in [-0.1, -0.05) is 36.4 Å². The number of nitrogens with zero attached hydrogens (tertiary/aromatic N) is 2. The van der Waals surface area contributed by atoms with Crippen molar-refractivity contribution in [1.29, 1.82) is 0 Å². The van der Waals surface area contributed by atoms with Crippen LogP contribution in [0.5, 0.6) is 0 Å². The number of para-hydroxylation sites is 1. The van der Waals surface area contributed by atoms with Gasteiger partial charge in [-0.3, -0.25) is 9.69 Å². The lowest BCUT2D eigenvalue weighted by atomic mass is 9.90. The Hall–Kier alpha value is -3.19. The van der Waals surface area contributed by atoms with E-state index in [1.54, 1.807) is 17.0 Å². The van der Waals surface area contributed by atoms with Crippen LogP contribution in [0, 0.1) is 0 Å². The van der Waals surface area contributed by atoms with E-state index in [-0.39, 0.29) is 5.91 Å². The lowest BCUT2D eigenvalue weighted by Crippen LogP contribution is -2.50. The average molecular weight is 438 g/mol. The molecule has 0 aromatic heterocycles. The van der Waals surface area contributed by atoms with Gasteiger partial charge in [0.15, 0.2) is 5.11 Å². The molecule has 0 bridgehead atoms. The van der Waals surface area contributed by atoms with Crippen LogP contribution in [0.15, 0.2) is 65.9 Å². The minimum Gasteiger partial charge on any atom is -0.465 e. The van der Waals surface area contributed by atoms with Gasteiger partial charge in [-0.15, -0.1) is 0 Å². The zero-order valence-electron chi connectivity index (χ0n) is 18.2. The summed E-state index contributed by atoms with van der Waals surface area (Å²) in [6.45, 7) is 6.94. The van der Waals surface area contributed by atoms with Crippen LogP contribution in [0.3, 0.4) is 0 Å². The second-order valence-electron chi connectivity index (χ2n) is 7.11. The highest BCUT2D eigenvalue weighted by Gasteiger charge is 2.37. The van der Waals surface area contributed by atoms with E-state index in [4.69, 9.17) is 17.0 Å².